The summed E-state index contributed by atoms with van der Waals surface area (Å²) in [5.74, 6) is 0. The van der Waals surface area contributed by atoms with E-state index in [9.17, 15) is 0 Å². The number of nitrogens with zero attached hydrogens (tertiary/aromatic N) is 3. The van der Waals surface area contributed by atoms with Crippen molar-refractivity contribution in [1.82, 2.24) is 20.3 Å². The molecular weight excluding hydrogens is 320 g/mol. The summed E-state index contributed by atoms with van der Waals surface area (Å²) < 4.78 is 7.99. The Bertz CT molecular complexity index is 812. The molecule has 3 aromatic rings. The molecule has 6 heteroatoms. The van der Waals surface area contributed by atoms with Crippen LogP contribution >= 0.6 is 11.3 Å². The first kappa shape index (κ1) is 15.5. The van der Waals surface area contributed by atoms with Gasteiger partial charge >= 0.3 is 0 Å². The zero-order valence-corrected chi connectivity index (χ0v) is 14.4. The largest absolute Gasteiger partial charge is 0.369 e. The van der Waals surface area contributed by atoms with Gasteiger partial charge in [-0.2, -0.15) is 0 Å². The highest BCUT2D eigenvalue weighted by atomic mass is 32.1. The minimum atomic E-state index is 0.129. The molecule has 1 aromatic carbocycles. The van der Waals surface area contributed by atoms with Gasteiger partial charge in [0.15, 0.2) is 0 Å². The summed E-state index contributed by atoms with van der Waals surface area (Å²) in [7, 11) is 0. The van der Waals surface area contributed by atoms with Crippen LogP contribution in [0.4, 0.5) is 0 Å². The lowest BCUT2D eigenvalue weighted by molar-refractivity contribution is 0.00128. The second-order valence-corrected chi connectivity index (χ2v) is 7.38. The average Bonchev–Trinajstić information content (AvgIpc) is 3.21. The van der Waals surface area contributed by atoms with E-state index in [4.69, 9.17) is 4.74 Å². The highest BCUT2D eigenvalue weighted by Crippen LogP contribution is 2.24. The van der Waals surface area contributed by atoms with Crippen molar-refractivity contribution in [3.05, 3.63) is 57.9 Å². The Balaban J connectivity index is 1.37. The van der Waals surface area contributed by atoms with Crippen LogP contribution in [0.1, 0.15) is 15.4 Å². The van der Waals surface area contributed by atoms with Gasteiger partial charge in [0.05, 0.1) is 24.9 Å². The quantitative estimate of drug-likeness (QED) is 0.776. The third-order valence-corrected chi connectivity index (χ3v) is 5.19. The lowest BCUT2D eigenvalue weighted by atomic mass is 10.1. The highest BCUT2D eigenvalue weighted by molar-refractivity contribution is 7.11. The van der Waals surface area contributed by atoms with Crippen molar-refractivity contribution in [3.63, 3.8) is 0 Å². The first-order chi connectivity index (χ1) is 11.8. The number of nitrogens with one attached hydrogen (secondary N) is 1. The molecule has 2 aromatic heterocycles. The first-order valence-corrected chi connectivity index (χ1v) is 8.96. The molecule has 0 amide bonds. The molecule has 0 saturated heterocycles. The minimum absolute atomic E-state index is 0.129. The number of rotatable bonds is 5. The Morgan fingerprint density at radius 3 is 2.92 bits per heavy atom. The molecule has 5 nitrogen and oxygen atoms in total. The van der Waals surface area contributed by atoms with Gasteiger partial charge in [0, 0.05) is 28.4 Å². The minimum Gasteiger partial charge on any atom is -0.369 e. The molecule has 0 unspecified atom stereocenters. The van der Waals surface area contributed by atoms with E-state index in [1.807, 2.05) is 34.2 Å². The van der Waals surface area contributed by atoms with Crippen molar-refractivity contribution >= 4 is 11.3 Å². The number of aromatic nitrogens is 3. The number of benzene rings is 1. The van der Waals surface area contributed by atoms with Crippen molar-refractivity contribution in [3.8, 4) is 11.3 Å². The second-order valence-electron chi connectivity index (χ2n) is 6.01. The van der Waals surface area contributed by atoms with Crippen molar-refractivity contribution in [2.24, 2.45) is 0 Å². The Hall–Kier alpha value is -2.02. The Labute approximate surface area is 145 Å². The molecule has 3 heterocycles. The highest BCUT2D eigenvalue weighted by Gasteiger charge is 2.24. The normalized spacial score (nSPS) is 17.0. The van der Waals surface area contributed by atoms with Crippen molar-refractivity contribution in [2.75, 3.05) is 6.54 Å². The zero-order chi connectivity index (χ0) is 16.4. The fraction of sp³-hybridized carbons (Fsp3) is 0.333. The molecule has 1 N–H and O–H groups in total. The molecule has 0 radical (unpaired) electrons. The molecule has 0 bridgehead atoms. The van der Waals surface area contributed by atoms with E-state index >= 15 is 0 Å². The Morgan fingerprint density at radius 2 is 2.12 bits per heavy atom. The summed E-state index contributed by atoms with van der Waals surface area (Å²) in [6.07, 6.45) is 0.129. The van der Waals surface area contributed by atoms with E-state index in [-0.39, 0.29) is 6.10 Å². The Kier molecular flexibility index (Phi) is 4.42. The van der Waals surface area contributed by atoms with Crippen LogP contribution in [-0.4, -0.2) is 27.6 Å². The van der Waals surface area contributed by atoms with E-state index in [0.29, 0.717) is 6.61 Å². The predicted octanol–water partition coefficient (Wildman–Crippen LogP) is 3.00. The van der Waals surface area contributed by atoms with Gasteiger partial charge < -0.3 is 10.1 Å². The van der Waals surface area contributed by atoms with Gasteiger partial charge in [-0.05, 0) is 19.1 Å². The summed E-state index contributed by atoms with van der Waals surface area (Å²) >= 11 is 1.83. The number of thiophene rings is 1. The monoisotopic (exact) mass is 340 g/mol. The topological polar surface area (TPSA) is 52.0 Å². The zero-order valence-electron chi connectivity index (χ0n) is 13.6. The van der Waals surface area contributed by atoms with E-state index in [1.54, 1.807) is 0 Å². The van der Waals surface area contributed by atoms with E-state index in [2.05, 4.69) is 46.8 Å². The van der Waals surface area contributed by atoms with E-state index in [1.165, 1.54) is 9.75 Å². The first-order valence-electron chi connectivity index (χ1n) is 8.15. The smallest absolute Gasteiger partial charge is 0.118 e. The predicted molar refractivity (Wildman–Crippen MR) is 94.8 cm³/mol. The molecule has 124 valence electrons. The van der Waals surface area contributed by atoms with Gasteiger partial charge in [0.1, 0.15) is 5.69 Å². The van der Waals surface area contributed by atoms with E-state index < -0.39 is 0 Å². The van der Waals surface area contributed by atoms with Crippen LogP contribution in [-0.2, 0) is 24.4 Å². The summed E-state index contributed by atoms with van der Waals surface area (Å²) in [6, 6.07) is 14.5. The van der Waals surface area contributed by atoms with Crippen LogP contribution < -0.4 is 5.32 Å². The molecule has 0 aliphatic carbocycles. The maximum Gasteiger partial charge on any atom is 0.118 e. The van der Waals surface area contributed by atoms with Gasteiger partial charge in [-0.25, -0.2) is 4.68 Å². The standard InChI is InChI=1S/C18H20N4OS/c1-13-7-8-16(24-13)10-19-9-15-11-22-17(12-23-15)18(20-21-22)14-5-3-2-4-6-14/h2-8,15,19H,9-12H2,1H3/t15-/m1/s1. The molecule has 0 saturated carbocycles. The van der Waals surface area contributed by atoms with Crippen LogP contribution in [0.3, 0.4) is 0 Å². The average molecular weight is 340 g/mol. The molecule has 1 atom stereocenters. The lowest BCUT2D eigenvalue weighted by Crippen LogP contribution is -2.36. The fourth-order valence-corrected chi connectivity index (χ4v) is 3.80. The van der Waals surface area contributed by atoms with Gasteiger partial charge in [-0.1, -0.05) is 35.5 Å². The number of ether oxygens (including phenoxy) is 1. The second kappa shape index (κ2) is 6.84. The van der Waals surface area contributed by atoms with Crippen molar-refractivity contribution in [2.45, 2.75) is 32.7 Å². The number of hydrogen-bond acceptors (Lipinski definition) is 5. The third kappa shape index (κ3) is 3.26. The molecule has 0 fully saturated rings. The molecule has 24 heavy (non-hydrogen) atoms. The molecule has 0 spiro atoms. The molecule has 4 rings (SSSR count). The summed E-state index contributed by atoms with van der Waals surface area (Å²) in [4.78, 5) is 2.71. The van der Waals surface area contributed by atoms with Gasteiger partial charge in [-0.3, -0.25) is 0 Å². The van der Waals surface area contributed by atoms with Gasteiger partial charge in [-0.15, -0.1) is 16.4 Å². The Morgan fingerprint density at radius 1 is 1.25 bits per heavy atom. The fourth-order valence-electron chi connectivity index (χ4n) is 2.94. The maximum atomic E-state index is 6.01. The third-order valence-electron chi connectivity index (χ3n) is 4.18. The number of hydrogen-bond donors (Lipinski definition) is 1. The van der Waals surface area contributed by atoms with Gasteiger partial charge in [0.2, 0.25) is 0 Å². The van der Waals surface area contributed by atoms with Crippen LogP contribution in [0.25, 0.3) is 11.3 Å². The molecule has 1 aliphatic rings. The molecular formula is C18H20N4OS. The number of fused-ring (bicyclic) bond motifs is 1. The maximum absolute atomic E-state index is 6.01. The summed E-state index contributed by atoms with van der Waals surface area (Å²) in [5.41, 5.74) is 3.08. The van der Waals surface area contributed by atoms with Crippen LogP contribution in [0.2, 0.25) is 0 Å². The summed E-state index contributed by atoms with van der Waals surface area (Å²) in [5, 5.41) is 12.1. The van der Waals surface area contributed by atoms with E-state index in [0.717, 1.165) is 36.6 Å². The molecule has 1 aliphatic heterocycles. The van der Waals surface area contributed by atoms with Crippen LogP contribution in [0.15, 0.2) is 42.5 Å². The van der Waals surface area contributed by atoms with Crippen molar-refractivity contribution < 1.29 is 4.74 Å². The SMILES string of the molecule is Cc1ccc(CNC[C@@H]2Cn3nnc(-c4ccccc4)c3CO2)s1. The van der Waals surface area contributed by atoms with Crippen LogP contribution in [0, 0.1) is 6.92 Å². The lowest BCUT2D eigenvalue weighted by Gasteiger charge is -2.24. The van der Waals surface area contributed by atoms with Crippen molar-refractivity contribution in [1.29, 1.82) is 0 Å². The summed E-state index contributed by atoms with van der Waals surface area (Å²) in [6.45, 7) is 5.14. The van der Waals surface area contributed by atoms with Gasteiger partial charge in [0.25, 0.3) is 0 Å². The number of aryl methyl sites for hydroxylation is 1. The van der Waals surface area contributed by atoms with Crippen LogP contribution in [0.5, 0.6) is 0 Å².